The lowest BCUT2D eigenvalue weighted by Gasteiger charge is -2.13. The van der Waals surface area contributed by atoms with Crippen molar-refractivity contribution < 1.29 is 0 Å². The molecule has 0 amide bonds. The van der Waals surface area contributed by atoms with E-state index in [1.807, 2.05) is 42.6 Å². The van der Waals surface area contributed by atoms with Crippen LogP contribution in [0.4, 0.5) is 0 Å². The van der Waals surface area contributed by atoms with Crippen LogP contribution in [-0.2, 0) is 0 Å². The van der Waals surface area contributed by atoms with E-state index in [2.05, 4.69) is 56.3 Å². The van der Waals surface area contributed by atoms with E-state index in [0.717, 1.165) is 33.8 Å². The Morgan fingerprint density at radius 3 is 1.81 bits per heavy atom. The molecule has 0 fully saturated rings. The summed E-state index contributed by atoms with van der Waals surface area (Å²) in [4.78, 5) is 9.87. The SMILES string of the molecule is Cc1ccccc1-c1cnc(-c2ccccc2C)c(-c2ccccc2)n1. The van der Waals surface area contributed by atoms with E-state index in [9.17, 15) is 0 Å². The van der Waals surface area contributed by atoms with Crippen molar-refractivity contribution in [2.45, 2.75) is 13.8 Å². The summed E-state index contributed by atoms with van der Waals surface area (Å²) in [5.74, 6) is 0. The first-order valence-electron chi connectivity index (χ1n) is 8.78. The van der Waals surface area contributed by atoms with E-state index in [0.29, 0.717) is 0 Å². The minimum atomic E-state index is 0.902. The Morgan fingerprint density at radius 1 is 0.577 bits per heavy atom. The normalized spacial score (nSPS) is 10.7. The van der Waals surface area contributed by atoms with Gasteiger partial charge in [0.2, 0.25) is 0 Å². The van der Waals surface area contributed by atoms with Gasteiger partial charge in [0.15, 0.2) is 0 Å². The van der Waals surface area contributed by atoms with Crippen LogP contribution in [0.5, 0.6) is 0 Å². The second-order valence-electron chi connectivity index (χ2n) is 6.45. The van der Waals surface area contributed by atoms with Crippen molar-refractivity contribution in [1.29, 1.82) is 0 Å². The van der Waals surface area contributed by atoms with Crippen LogP contribution in [0, 0.1) is 13.8 Å². The molecule has 1 heterocycles. The Kier molecular flexibility index (Phi) is 4.32. The molecule has 26 heavy (non-hydrogen) atoms. The first kappa shape index (κ1) is 16.2. The van der Waals surface area contributed by atoms with Crippen molar-refractivity contribution in [3.05, 3.63) is 96.2 Å². The molecule has 0 aliphatic heterocycles. The van der Waals surface area contributed by atoms with Gasteiger partial charge in [-0.15, -0.1) is 0 Å². The van der Waals surface area contributed by atoms with E-state index < -0.39 is 0 Å². The summed E-state index contributed by atoms with van der Waals surface area (Å²) < 4.78 is 0. The first-order valence-corrected chi connectivity index (χ1v) is 8.78. The Bertz CT molecular complexity index is 1050. The summed E-state index contributed by atoms with van der Waals surface area (Å²) in [6, 6.07) is 26.9. The van der Waals surface area contributed by atoms with Crippen molar-refractivity contribution >= 4 is 0 Å². The van der Waals surface area contributed by atoms with Crippen molar-refractivity contribution in [2.75, 3.05) is 0 Å². The Morgan fingerprint density at radius 2 is 1.15 bits per heavy atom. The molecule has 0 bridgehead atoms. The summed E-state index contributed by atoms with van der Waals surface area (Å²) in [6.45, 7) is 4.22. The third kappa shape index (κ3) is 3.02. The van der Waals surface area contributed by atoms with Crippen LogP contribution in [0.1, 0.15) is 11.1 Å². The van der Waals surface area contributed by atoms with Gasteiger partial charge in [0, 0.05) is 16.7 Å². The van der Waals surface area contributed by atoms with E-state index >= 15 is 0 Å². The smallest absolute Gasteiger partial charge is 0.0972 e. The summed E-state index contributed by atoms with van der Waals surface area (Å²) in [5, 5.41) is 0. The average Bonchev–Trinajstić information content (AvgIpc) is 2.69. The van der Waals surface area contributed by atoms with Gasteiger partial charge in [-0.2, -0.15) is 0 Å². The molecule has 0 saturated heterocycles. The maximum atomic E-state index is 5.03. The van der Waals surface area contributed by atoms with E-state index in [4.69, 9.17) is 9.97 Å². The van der Waals surface area contributed by atoms with Crippen LogP contribution in [0.2, 0.25) is 0 Å². The molecular weight excluding hydrogens is 316 g/mol. The highest BCUT2D eigenvalue weighted by atomic mass is 14.8. The van der Waals surface area contributed by atoms with Gasteiger partial charge >= 0.3 is 0 Å². The topological polar surface area (TPSA) is 25.8 Å². The van der Waals surface area contributed by atoms with Crippen LogP contribution in [0.15, 0.2) is 85.1 Å². The molecule has 0 aliphatic carbocycles. The highest BCUT2D eigenvalue weighted by Crippen LogP contribution is 2.33. The van der Waals surface area contributed by atoms with Crippen molar-refractivity contribution in [3.8, 4) is 33.8 Å². The third-order valence-electron chi connectivity index (χ3n) is 4.64. The predicted molar refractivity (Wildman–Crippen MR) is 108 cm³/mol. The zero-order chi connectivity index (χ0) is 17.9. The summed E-state index contributed by atoms with van der Waals surface area (Å²) >= 11 is 0. The van der Waals surface area contributed by atoms with Gasteiger partial charge in [0.1, 0.15) is 0 Å². The zero-order valence-electron chi connectivity index (χ0n) is 15.0. The van der Waals surface area contributed by atoms with Gasteiger partial charge in [0.25, 0.3) is 0 Å². The van der Waals surface area contributed by atoms with E-state index in [1.165, 1.54) is 11.1 Å². The zero-order valence-corrected chi connectivity index (χ0v) is 15.0. The number of nitrogens with zero attached hydrogens (tertiary/aromatic N) is 2. The molecule has 3 aromatic carbocycles. The van der Waals surface area contributed by atoms with Crippen LogP contribution >= 0.6 is 0 Å². The molecule has 0 atom stereocenters. The Hall–Kier alpha value is -3.26. The summed E-state index contributed by atoms with van der Waals surface area (Å²) in [7, 11) is 0. The molecule has 2 nitrogen and oxygen atoms in total. The maximum Gasteiger partial charge on any atom is 0.0972 e. The monoisotopic (exact) mass is 336 g/mol. The molecule has 0 spiro atoms. The predicted octanol–water partition coefficient (Wildman–Crippen LogP) is 6.09. The fourth-order valence-electron chi connectivity index (χ4n) is 3.21. The number of benzene rings is 3. The average molecular weight is 336 g/mol. The second kappa shape index (κ2) is 6.93. The molecule has 2 heteroatoms. The fraction of sp³-hybridized carbons (Fsp3) is 0.0833. The Labute approximate surface area is 154 Å². The second-order valence-corrected chi connectivity index (χ2v) is 6.45. The molecular formula is C24H20N2. The van der Waals surface area contributed by atoms with Gasteiger partial charge < -0.3 is 0 Å². The van der Waals surface area contributed by atoms with Crippen molar-refractivity contribution in [3.63, 3.8) is 0 Å². The Balaban J connectivity index is 1.96. The van der Waals surface area contributed by atoms with Crippen molar-refractivity contribution in [2.24, 2.45) is 0 Å². The molecule has 1 aromatic heterocycles. The number of aromatic nitrogens is 2. The van der Waals surface area contributed by atoms with Crippen LogP contribution in [0.25, 0.3) is 33.8 Å². The lowest BCUT2D eigenvalue weighted by atomic mass is 9.99. The van der Waals surface area contributed by atoms with Gasteiger partial charge in [-0.1, -0.05) is 78.9 Å². The third-order valence-corrected chi connectivity index (χ3v) is 4.64. The van der Waals surface area contributed by atoms with Gasteiger partial charge in [0.05, 0.1) is 23.3 Å². The first-order chi connectivity index (χ1) is 12.7. The van der Waals surface area contributed by atoms with Crippen LogP contribution < -0.4 is 0 Å². The molecule has 0 radical (unpaired) electrons. The molecule has 4 aromatic rings. The summed E-state index contributed by atoms with van der Waals surface area (Å²) in [5.41, 5.74) is 8.45. The highest BCUT2D eigenvalue weighted by Gasteiger charge is 2.15. The molecule has 126 valence electrons. The lowest BCUT2D eigenvalue weighted by molar-refractivity contribution is 1.20. The quantitative estimate of drug-likeness (QED) is 0.452. The molecule has 0 saturated carbocycles. The number of hydrogen-bond donors (Lipinski definition) is 0. The lowest BCUT2D eigenvalue weighted by Crippen LogP contribution is -1.98. The molecule has 0 unspecified atom stereocenters. The van der Waals surface area contributed by atoms with Crippen molar-refractivity contribution in [1.82, 2.24) is 9.97 Å². The number of rotatable bonds is 3. The largest absolute Gasteiger partial charge is 0.252 e. The number of aryl methyl sites for hydroxylation is 2. The maximum absolute atomic E-state index is 5.03. The number of hydrogen-bond acceptors (Lipinski definition) is 2. The standard InChI is InChI=1S/C24H20N2/c1-17-10-6-8-14-20(17)22-16-25-24(21-15-9-7-11-18(21)2)23(26-22)19-12-4-3-5-13-19/h3-16H,1-2H3. The molecule has 4 rings (SSSR count). The van der Waals surface area contributed by atoms with Crippen LogP contribution in [-0.4, -0.2) is 9.97 Å². The van der Waals surface area contributed by atoms with Gasteiger partial charge in [-0.3, -0.25) is 4.98 Å². The fourth-order valence-corrected chi connectivity index (χ4v) is 3.21. The van der Waals surface area contributed by atoms with Gasteiger partial charge in [-0.25, -0.2) is 4.98 Å². The van der Waals surface area contributed by atoms with Gasteiger partial charge in [-0.05, 0) is 25.0 Å². The highest BCUT2D eigenvalue weighted by molar-refractivity contribution is 5.81. The minimum absolute atomic E-state index is 0.902. The summed E-state index contributed by atoms with van der Waals surface area (Å²) in [6.07, 6.45) is 1.89. The van der Waals surface area contributed by atoms with E-state index in [-0.39, 0.29) is 0 Å². The minimum Gasteiger partial charge on any atom is -0.252 e. The molecule has 0 aliphatic rings. The molecule has 0 N–H and O–H groups in total. The van der Waals surface area contributed by atoms with E-state index in [1.54, 1.807) is 0 Å². The van der Waals surface area contributed by atoms with Crippen LogP contribution in [0.3, 0.4) is 0 Å².